The number of likely N-dealkylation sites (tertiary alicyclic amines) is 1. The Kier molecular flexibility index (Phi) is 6.73. The van der Waals surface area contributed by atoms with Gasteiger partial charge in [-0.1, -0.05) is 17.3 Å². The molecule has 1 fully saturated rings. The molecule has 0 spiro atoms. The molecule has 0 N–H and O–H groups in total. The number of benzene rings is 1. The van der Waals surface area contributed by atoms with Crippen LogP contribution in [0.4, 0.5) is 13.2 Å². The van der Waals surface area contributed by atoms with Crippen molar-refractivity contribution in [3.8, 4) is 11.4 Å². The summed E-state index contributed by atoms with van der Waals surface area (Å²) in [6.07, 6.45) is -3.03. The number of carbonyl (C=O) groups excluding carboxylic acids is 2. The molecule has 0 bridgehead atoms. The molecule has 0 saturated carbocycles. The van der Waals surface area contributed by atoms with Gasteiger partial charge in [0.15, 0.2) is 0 Å². The Morgan fingerprint density at radius 3 is 2.67 bits per heavy atom. The lowest BCUT2D eigenvalue weighted by atomic mass is 9.97. The highest BCUT2D eigenvalue weighted by Gasteiger charge is 2.31. The molecule has 3 rings (SSSR count). The van der Waals surface area contributed by atoms with Crippen LogP contribution in [0.25, 0.3) is 11.4 Å². The predicted molar refractivity (Wildman–Crippen MR) is 99.0 cm³/mol. The number of carbonyl (C=O) groups is 2. The van der Waals surface area contributed by atoms with Gasteiger partial charge in [-0.25, -0.2) is 0 Å². The van der Waals surface area contributed by atoms with Crippen molar-refractivity contribution in [2.45, 2.75) is 38.8 Å². The fraction of sp³-hybridized carbons (Fsp3) is 0.500. The first-order chi connectivity index (χ1) is 14.3. The Labute approximate surface area is 171 Å². The quantitative estimate of drug-likeness (QED) is 0.659. The van der Waals surface area contributed by atoms with Crippen LogP contribution in [0, 0.1) is 5.92 Å². The maximum Gasteiger partial charge on any atom is 0.416 e. The van der Waals surface area contributed by atoms with Gasteiger partial charge >= 0.3 is 12.1 Å². The number of hydrogen-bond acceptors (Lipinski definition) is 6. The van der Waals surface area contributed by atoms with Crippen LogP contribution in [0.3, 0.4) is 0 Å². The first-order valence-corrected chi connectivity index (χ1v) is 9.72. The lowest BCUT2D eigenvalue weighted by Crippen LogP contribution is -2.40. The molecule has 2 aromatic rings. The fourth-order valence-electron chi connectivity index (χ4n) is 3.30. The molecule has 1 aromatic heterocycles. The summed E-state index contributed by atoms with van der Waals surface area (Å²) in [6, 6.07) is 4.65. The van der Waals surface area contributed by atoms with Crippen molar-refractivity contribution < 1.29 is 32.0 Å². The molecule has 1 aliphatic heterocycles. The number of aryl methyl sites for hydroxylation is 1. The van der Waals surface area contributed by atoms with Gasteiger partial charge < -0.3 is 14.2 Å². The highest BCUT2D eigenvalue weighted by molar-refractivity contribution is 5.77. The number of piperidine rings is 1. The summed E-state index contributed by atoms with van der Waals surface area (Å²) in [7, 11) is 0. The van der Waals surface area contributed by atoms with Crippen LogP contribution in [0.1, 0.15) is 37.6 Å². The molecule has 2 heterocycles. The van der Waals surface area contributed by atoms with Crippen molar-refractivity contribution in [2.75, 3.05) is 19.7 Å². The number of alkyl halides is 3. The number of esters is 1. The van der Waals surface area contributed by atoms with Crippen LogP contribution in [-0.2, 0) is 26.9 Å². The average molecular weight is 425 g/mol. The summed E-state index contributed by atoms with van der Waals surface area (Å²) < 4.78 is 48.6. The van der Waals surface area contributed by atoms with Crippen molar-refractivity contribution in [3.05, 3.63) is 35.7 Å². The normalized spacial score (nSPS) is 15.3. The second-order valence-electron chi connectivity index (χ2n) is 7.00. The monoisotopic (exact) mass is 425 g/mol. The molecular weight excluding hydrogens is 403 g/mol. The standard InChI is InChI=1S/C20H22F3N3O4/c1-2-29-19(28)13-8-10-26(11-9-13)17(27)7-6-16-24-18(25-30-16)14-4-3-5-15(12-14)20(21,22)23/h3-5,12-13H,2,6-11H2,1H3. The smallest absolute Gasteiger partial charge is 0.416 e. The average Bonchev–Trinajstić information content (AvgIpc) is 3.21. The van der Waals surface area contributed by atoms with Gasteiger partial charge in [-0.05, 0) is 31.9 Å². The van der Waals surface area contributed by atoms with Crippen LogP contribution in [0.15, 0.2) is 28.8 Å². The largest absolute Gasteiger partial charge is 0.466 e. The van der Waals surface area contributed by atoms with E-state index in [1.165, 1.54) is 12.1 Å². The zero-order valence-corrected chi connectivity index (χ0v) is 16.4. The van der Waals surface area contributed by atoms with E-state index in [4.69, 9.17) is 9.26 Å². The number of ether oxygens (including phenoxy) is 1. The van der Waals surface area contributed by atoms with E-state index in [2.05, 4.69) is 10.1 Å². The van der Waals surface area contributed by atoms with Crippen LogP contribution in [0.2, 0.25) is 0 Å². The predicted octanol–water partition coefficient (Wildman–Crippen LogP) is 3.49. The zero-order valence-electron chi connectivity index (χ0n) is 16.4. The Morgan fingerprint density at radius 2 is 2.00 bits per heavy atom. The first-order valence-electron chi connectivity index (χ1n) is 9.72. The molecule has 0 unspecified atom stereocenters. The van der Waals surface area contributed by atoms with E-state index >= 15 is 0 Å². The first kappa shape index (κ1) is 21.8. The van der Waals surface area contributed by atoms with Crippen molar-refractivity contribution in [1.82, 2.24) is 15.0 Å². The molecule has 0 atom stereocenters. The number of hydrogen-bond donors (Lipinski definition) is 0. The van der Waals surface area contributed by atoms with Gasteiger partial charge in [0.25, 0.3) is 0 Å². The lowest BCUT2D eigenvalue weighted by molar-refractivity contribution is -0.151. The minimum absolute atomic E-state index is 0.0406. The number of halogens is 3. The second-order valence-corrected chi connectivity index (χ2v) is 7.00. The lowest BCUT2D eigenvalue weighted by Gasteiger charge is -2.30. The molecular formula is C20H22F3N3O4. The van der Waals surface area contributed by atoms with Crippen molar-refractivity contribution >= 4 is 11.9 Å². The maximum atomic E-state index is 12.9. The maximum absolute atomic E-state index is 12.9. The van der Waals surface area contributed by atoms with Gasteiger partial charge in [0.05, 0.1) is 18.1 Å². The van der Waals surface area contributed by atoms with Crippen molar-refractivity contribution in [3.63, 3.8) is 0 Å². The summed E-state index contributed by atoms with van der Waals surface area (Å²) in [6.45, 7) is 3.04. The van der Waals surface area contributed by atoms with E-state index in [0.29, 0.717) is 32.5 Å². The van der Waals surface area contributed by atoms with E-state index < -0.39 is 11.7 Å². The van der Waals surface area contributed by atoms with Crippen LogP contribution < -0.4 is 0 Å². The third-order valence-electron chi connectivity index (χ3n) is 4.94. The van der Waals surface area contributed by atoms with E-state index in [9.17, 15) is 22.8 Å². The summed E-state index contributed by atoms with van der Waals surface area (Å²) in [5.74, 6) is -0.287. The van der Waals surface area contributed by atoms with E-state index in [0.717, 1.165) is 12.1 Å². The summed E-state index contributed by atoms with van der Waals surface area (Å²) >= 11 is 0. The van der Waals surface area contributed by atoms with Gasteiger partial charge in [-0.15, -0.1) is 0 Å². The third-order valence-corrected chi connectivity index (χ3v) is 4.94. The van der Waals surface area contributed by atoms with E-state index in [1.807, 2.05) is 0 Å². The highest BCUT2D eigenvalue weighted by atomic mass is 19.4. The highest BCUT2D eigenvalue weighted by Crippen LogP contribution is 2.31. The SMILES string of the molecule is CCOC(=O)C1CCN(C(=O)CCc2nc(-c3cccc(C(F)(F)F)c3)no2)CC1. The minimum Gasteiger partial charge on any atom is -0.466 e. The minimum atomic E-state index is -4.46. The second kappa shape index (κ2) is 9.27. The molecule has 1 saturated heterocycles. The van der Waals surface area contributed by atoms with E-state index in [1.54, 1.807) is 11.8 Å². The summed E-state index contributed by atoms with van der Waals surface area (Å²) in [4.78, 5) is 29.9. The van der Waals surface area contributed by atoms with Gasteiger partial charge in [0, 0.05) is 31.5 Å². The summed E-state index contributed by atoms with van der Waals surface area (Å²) in [5, 5.41) is 3.72. The summed E-state index contributed by atoms with van der Waals surface area (Å²) in [5.41, 5.74) is -0.611. The third kappa shape index (κ3) is 5.37. The molecule has 30 heavy (non-hydrogen) atoms. The molecule has 10 heteroatoms. The van der Waals surface area contributed by atoms with Gasteiger partial charge in [-0.2, -0.15) is 18.2 Å². The number of rotatable bonds is 6. The number of aromatic nitrogens is 2. The van der Waals surface area contributed by atoms with Crippen LogP contribution >= 0.6 is 0 Å². The molecule has 7 nitrogen and oxygen atoms in total. The Hall–Kier alpha value is -2.91. The van der Waals surface area contributed by atoms with Crippen molar-refractivity contribution in [2.24, 2.45) is 5.92 Å². The van der Waals surface area contributed by atoms with Crippen LogP contribution in [-0.4, -0.2) is 46.6 Å². The Balaban J connectivity index is 1.52. The van der Waals surface area contributed by atoms with Crippen LogP contribution in [0.5, 0.6) is 0 Å². The van der Waals surface area contributed by atoms with Gasteiger partial charge in [0.1, 0.15) is 0 Å². The Bertz CT molecular complexity index is 889. The molecule has 1 aliphatic rings. The molecule has 0 aliphatic carbocycles. The number of nitrogens with zero attached hydrogens (tertiary/aromatic N) is 3. The molecule has 1 aromatic carbocycles. The fourth-order valence-corrected chi connectivity index (χ4v) is 3.30. The van der Waals surface area contributed by atoms with Crippen molar-refractivity contribution in [1.29, 1.82) is 0 Å². The van der Waals surface area contributed by atoms with Gasteiger partial charge in [-0.3, -0.25) is 9.59 Å². The van der Waals surface area contributed by atoms with Gasteiger partial charge in [0.2, 0.25) is 17.6 Å². The molecule has 1 amide bonds. The molecule has 0 radical (unpaired) electrons. The van der Waals surface area contributed by atoms with E-state index in [-0.39, 0.29) is 47.9 Å². The number of amides is 1. The topological polar surface area (TPSA) is 85.5 Å². The molecule has 162 valence electrons. The zero-order chi connectivity index (χ0) is 21.7. The Morgan fingerprint density at radius 1 is 1.27 bits per heavy atom.